The molecular weight excluding hydrogens is 425 g/mol. The predicted octanol–water partition coefficient (Wildman–Crippen LogP) is 2.90. The van der Waals surface area contributed by atoms with Crippen molar-refractivity contribution in [3.8, 4) is 5.75 Å². The molecule has 0 bridgehead atoms. The zero-order valence-electron chi connectivity index (χ0n) is 16.9. The summed E-state index contributed by atoms with van der Waals surface area (Å²) in [7, 11) is 1.53. The first-order valence-corrected chi connectivity index (χ1v) is 10.3. The first kappa shape index (κ1) is 21.1. The Labute approximate surface area is 182 Å². The number of H-pyrrole nitrogens is 1. The number of hydrogen-bond acceptors (Lipinski definition) is 4. The van der Waals surface area contributed by atoms with Crippen LogP contribution in [0.5, 0.6) is 5.75 Å². The first-order chi connectivity index (χ1) is 14.9. The van der Waals surface area contributed by atoms with Gasteiger partial charge in [-0.05, 0) is 48.7 Å². The minimum Gasteiger partial charge on any atom is -0.495 e. The van der Waals surface area contributed by atoms with Gasteiger partial charge in [0.05, 0.1) is 29.5 Å². The molecule has 7 nitrogen and oxygen atoms in total. The van der Waals surface area contributed by atoms with Gasteiger partial charge in [-0.3, -0.25) is 14.2 Å². The van der Waals surface area contributed by atoms with E-state index in [0.29, 0.717) is 42.2 Å². The van der Waals surface area contributed by atoms with Gasteiger partial charge in [0.1, 0.15) is 11.6 Å². The average Bonchev–Trinajstić information content (AvgIpc) is 2.75. The summed E-state index contributed by atoms with van der Waals surface area (Å²) in [5, 5.41) is 0.576. The Morgan fingerprint density at radius 1 is 1.19 bits per heavy atom. The van der Waals surface area contributed by atoms with Crippen LogP contribution in [0.15, 0.2) is 46.0 Å². The van der Waals surface area contributed by atoms with Crippen LogP contribution in [0.4, 0.5) is 4.39 Å². The number of nitrogens with zero attached hydrogens (tertiary/aromatic N) is 2. The normalized spacial score (nSPS) is 14.7. The molecule has 3 aromatic rings. The molecule has 162 valence electrons. The highest BCUT2D eigenvalue weighted by molar-refractivity contribution is 6.32. The lowest BCUT2D eigenvalue weighted by Crippen LogP contribution is -2.45. The Kier molecular flexibility index (Phi) is 5.82. The third-order valence-electron chi connectivity index (χ3n) is 5.65. The molecule has 0 aliphatic carbocycles. The van der Waals surface area contributed by atoms with E-state index in [4.69, 9.17) is 16.3 Å². The number of methoxy groups -OCH3 is 1. The second-order valence-electron chi connectivity index (χ2n) is 7.55. The highest BCUT2D eigenvalue weighted by Crippen LogP contribution is 2.26. The third kappa shape index (κ3) is 4.20. The van der Waals surface area contributed by atoms with Crippen molar-refractivity contribution in [1.82, 2.24) is 14.5 Å². The number of fused-ring (bicyclic) bond motifs is 1. The van der Waals surface area contributed by atoms with Crippen molar-refractivity contribution in [2.24, 2.45) is 0 Å². The number of amides is 1. The van der Waals surface area contributed by atoms with Gasteiger partial charge in [0.25, 0.3) is 5.56 Å². The second kappa shape index (κ2) is 8.55. The fraction of sp³-hybridized carbons (Fsp3) is 0.318. The molecule has 2 aromatic carbocycles. The smallest absolute Gasteiger partial charge is 0.329 e. The second-order valence-corrected chi connectivity index (χ2v) is 7.96. The minimum atomic E-state index is -0.540. The molecule has 0 spiro atoms. The lowest BCUT2D eigenvalue weighted by atomic mass is 10.0. The van der Waals surface area contributed by atoms with Crippen LogP contribution in [0.1, 0.15) is 24.4 Å². The number of ether oxygens (including phenoxy) is 1. The van der Waals surface area contributed by atoms with Crippen molar-refractivity contribution in [1.29, 1.82) is 0 Å². The summed E-state index contributed by atoms with van der Waals surface area (Å²) in [6, 6.07) is 8.57. The van der Waals surface area contributed by atoms with Gasteiger partial charge in [-0.25, -0.2) is 9.18 Å². The number of nitrogens with one attached hydrogen (secondary N) is 1. The Morgan fingerprint density at radius 2 is 1.94 bits per heavy atom. The molecule has 0 unspecified atom stereocenters. The van der Waals surface area contributed by atoms with Crippen molar-refractivity contribution in [2.75, 3.05) is 20.2 Å². The number of carbonyl (C=O) groups is 1. The molecule has 9 heteroatoms. The summed E-state index contributed by atoms with van der Waals surface area (Å²) < 4.78 is 19.8. The number of halogens is 2. The maximum absolute atomic E-state index is 13.6. The highest BCUT2D eigenvalue weighted by Gasteiger charge is 2.26. The monoisotopic (exact) mass is 445 g/mol. The molecule has 0 radical (unpaired) electrons. The standard InChI is InChI=1S/C22H21ClFN3O4/c1-31-19-5-2-13(10-17(19)23)11-20(28)26-8-6-15(7-9-26)27-21(29)16-12-14(24)3-4-18(16)25-22(27)30/h2-5,10,12,15H,6-9,11H2,1H3,(H,25,30). The van der Waals surface area contributed by atoms with Gasteiger partial charge in [-0.15, -0.1) is 0 Å². The summed E-state index contributed by atoms with van der Waals surface area (Å²) in [5.74, 6) is -0.0478. The largest absolute Gasteiger partial charge is 0.495 e. The van der Waals surface area contributed by atoms with Gasteiger partial charge in [-0.2, -0.15) is 0 Å². The van der Waals surface area contributed by atoms with E-state index in [2.05, 4.69) is 4.98 Å². The number of aromatic amines is 1. The zero-order chi connectivity index (χ0) is 22.1. The van der Waals surface area contributed by atoms with Crippen LogP contribution >= 0.6 is 11.6 Å². The Balaban J connectivity index is 1.47. The van der Waals surface area contributed by atoms with E-state index in [-0.39, 0.29) is 23.8 Å². The van der Waals surface area contributed by atoms with Crippen LogP contribution in [-0.4, -0.2) is 40.6 Å². The summed E-state index contributed by atoms with van der Waals surface area (Å²) in [6.07, 6.45) is 1.11. The third-order valence-corrected chi connectivity index (χ3v) is 5.94. The Bertz CT molecular complexity index is 1260. The molecular formula is C22H21ClFN3O4. The number of hydrogen-bond donors (Lipinski definition) is 1. The average molecular weight is 446 g/mol. The molecule has 1 saturated heterocycles. The van der Waals surface area contributed by atoms with Gasteiger partial charge in [0.15, 0.2) is 0 Å². The molecule has 1 N–H and O–H groups in total. The summed E-state index contributed by atoms with van der Waals surface area (Å²) in [6.45, 7) is 0.834. The van der Waals surface area contributed by atoms with Gasteiger partial charge in [-0.1, -0.05) is 17.7 Å². The van der Waals surface area contributed by atoms with Crippen molar-refractivity contribution in [2.45, 2.75) is 25.3 Å². The lowest BCUT2D eigenvalue weighted by molar-refractivity contribution is -0.131. The Morgan fingerprint density at radius 3 is 2.61 bits per heavy atom. The predicted molar refractivity (Wildman–Crippen MR) is 115 cm³/mol. The van der Waals surface area contributed by atoms with E-state index in [1.54, 1.807) is 23.1 Å². The SMILES string of the molecule is COc1ccc(CC(=O)N2CCC(n3c(=O)[nH]c4ccc(F)cc4c3=O)CC2)cc1Cl. The topological polar surface area (TPSA) is 84.4 Å². The minimum absolute atomic E-state index is 0.0541. The van der Waals surface area contributed by atoms with E-state index in [1.807, 2.05) is 0 Å². The molecule has 2 heterocycles. The van der Waals surface area contributed by atoms with Crippen LogP contribution in [0.3, 0.4) is 0 Å². The summed E-state index contributed by atoms with van der Waals surface area (Å²) in [5.41, 5.74) is 0.0400. The van der Waals surface area contributed by atoms with Crippen molar-refractivity contribution in [3.63, 3.8) is 0 Å². The van der Waals surface area contributed by atoms with Crippen molar-refractivity contribution in [3.05, 3.63) is 73.6 Å². The molecule has 1 aliphatic heterocycles. The fourth-order valence-corrected chi connectivity index (χ4v) is 4.29. The van der Waals surface area contributed by atoms with Crippen LogP contribution in [-0.2, 0) is 11.2 Å². The van der Waals surface area contributed by atoms with E-state index in [0.717, 1.165) is 16.2 Å². The van der Waals surface area contributed by atoms with Crippen LogP contribution in [0.2, 0.25) is 5.02 Å². The summed E-state index contributed by atoms with van der Waals surface area (Å²) in [4.78, 5) is 42.4. The number of benzene rings is 2. The van der Waals surface area contributed by atoms with Gasteiger partial charge < -0.3 is 14.6 Å². The quantitative estimate of drug-likeness (QED) is 0.669. The molecule has 1 aliphatic rings. The number of carbonyl (C=O) groups excluding carboxylic acids is 1. The molecule has 4 rings (SSSR count). The zero-order valence-corrected chi connectivity index (χ0v) is 17.6. The molecule has 1 fully saturated rings. The fourth-order valence-electron chi connectivity index (χ4n) is 4.01. The Hall–Kier alpha value is -3.13. The van der Waals surface area contributed by atoms with Crippen molar-refractivity contribution < 1.29 is 13.9 Å². The summed E-state index contributed by atoms with van der Waals surface area (Å²) >= 11 is 6.13. The highest BCUT2D eigenvalue weighted by atomic mass is 35.5. The number of piperidine rings is 1. The van der Waals surface area contributed by atoms with Crippen LogP contribution < -0.4 is 16.0 Å². The van der Waals surface area contributed by atoms with Crippen molar-refractivity contribution >= 4 is 28.4 Å². The van der Waals surface area contributed by atoms with Crippen LogP contribution in [0, 0.1) is 5.82 Å². The maximum Gasteiger partial charge on any atom is 0.329 e. The van der Waals surface area contributed by atoms with E-state index in [9.17, 15) is 18.8 Å². The first-order valence-electron chi connectivity index (χ1n) is 9.91. The van der Waals surface area contributed by atoms with Gasteiger partial charge >= 0.3 is 5.69 Å². The van der Waals surface area contributed by atoms with E-state index >= 15 is 0 Å². The number of rotatable bonds is 4. The molecule has 1 aromatic heterocycles. The maximum atomic E-state index is 13.6. The molecule has 31 heavy (non-hydrogen) atoms. The molecule has 1 amide bonds. The van der Waals surface area contributed by atoms with E-state index < -0.39 is 17.1 Å². The van der Waals surface area contributed by atoms with Gasteiger partial charge in [0, 0.05) is 19.1 Å². The number of aromatic nitrogens is 2. The number of likely N-dealkylation sites (tertiary alicyclic amines) is 1. The molecule has 0 atom stereocenters. The van der Waals surface area contributed by atoms with E-state index in [1.165, 1.54) is 19.2 Å². The molecule has 0 saturated carbocycles. The van der Waals surface area contributed by atoms with Crippen LogP contribution in [0.25, 0.3) is 10.9 Å². The van der Waals surface area contributed by atoms with Gasteiger partial charge in [0.2, 0.25) is 5.91 Å². The lowest BCUT2D eigenvalue weighted by Gasteiger charge is -2.32.